The zero-order valence-electron chi connectivity index (χ0n) is 3.76. The summed E-state index contributed by atoms with van der Waals surface area (Å²) in [6.45, 7) is 0. The molecule has 0 fully saturated rings. The molecule has 7 heavy (non-hydrogen) atoms. The van der Waals surface area contributed by atoms with E-state index in [1.807, 2.05) is 0 Å². The van der Waals surface area contributed by atoms with Crippen LogP contribution in [-0.4, -0.2) is 8.42 Å². The molecule has 0 spiro atoms. The van der Waals surface area contributed by atoms with Crippen LogP contribution >= 0.6 is 0 Å². The number of allylic oxidation sites excluding steroid dienone is 2. The first-order valence-electron chi connectivity index (χ1n) is 2.14. The van der Waals surface area contributed by atoms with Crippen LogP contribution in [0.1, 0.15) is 12.8 Å². The van der Waals surface area contributed by atoms with Gasteiger partial charge in [0.1, 0.15) is 0 Å². The Kier molecular flexibility index (Phi) is 1.15. The second kappa shape index (κ2) is 1.66. The molecule has 1 aliphatic carbocycles. The molecule has 3 heteroatoms. The molecule has 0 unspecified atom stereocenters. The number of hydrogen-bond acceptors (Lipinski definition) is 2. The maximum absolute atomic E-state index is 9.95. The van der Waals surface area contributed by atoms with Crippen molar-refractivity contribution >= 4 is 10.7 Å². The number of rotatable bonds is 1. The molecule has 1 aliphatic rings. The molecule has 1 rings (SSSR count). The number of hydrogen-bond donors (Lipinski definition) is 1. The Labute approximate surface area is 43.8 Å². The maximum Gasteiger partial charge on any atom is 0.164 e. The second-order valence-electron chi connectivity index (χ2n) is 1.49. The molecule has 0 heterocycles. The summed E-state index contributed by atoms with van der Waals surface area (Å²) in [5, 5.41) is 0. The summed E-state index contributed by atoms with van der Waals surface area (Å²) in [5.41, 5.74) is 0. The molecule has 0 aromatic heterocycles. The van der Waals surface area contributed by atoms with E-state index in [0.717, 1.165) is 12.8 Å². The van der Waals surface area contributed by atoms with Crippen LogP contribution < -0.4 is 0 Å². The van der Waals surface area contributed by atoms with Crippen molar-refractivity contribution < 1.29 is 8.42 Å². The van der Waals surface area contributed by atoms with Crippen LogP contribution in [0.4, 0.5) is 0 Å². The van der Waals surface area contributed by atoms with E-state index in [1.54, 1.807) is 6.08 Å². The predicted molar refractivity (Wildman–Crippen MR) is 27.6 cm³/mol. The third-order valence-corrected chi connectivity index (χ3v) is 1.89. The van der Waals surface area contributed by atoms with Gasteiger partial charge in [-0.05, 0) is 12.8 Å². The van der Waals surface area contributed by atoms with Gasteiger partial charge in [-0.1, -0.05) is 6.08 Å². The summed E-state index contributed by atoms with van der Waals surface area (Å²) in [7, 11) is -2.21. The lowest BCUT2D eigenvalue weighted by Gasteiger charge is -2.04. The van der Waals surface area contributed by atoms with E-state index in [4.69, 9.17) is 0 Å². The van der Waals surface area contributed by atoms with Gasteiger partial charge in [0, 0.05) is 4.91 Å². The Morgan fingerprint density at radius 1 is 1.57 bits per heavy atom. The van der Waals surface area contributed by atoms with Crippen LogP contribution in [0, 0.1) is 0 Å². The second-order valence-corrected chi connectivity index (χ2v) is 2.58. The minimum atomic E-state index is -2.21. The van der Waals surface area contributed by atoms with Gasteiger partial charge in [0.15, 0.2) is 10.7 Å². The summed E-state index contributed by atoms with van der Waals surface area (Å²) in [6, 6.07) is 0. The molecule has 0 aliphatic heterocycles. The first kappa shape index (κ1) is 4.84. The molecule has 0 aromatic carbocycles. The Morgan fingerprint density at radius 2 is 2.14 bits per heavy atom. The van der Waals surface area contributed by atoms with E-state index in [0.29, 0.717) is 4.91 Å². The van der Waals surface area contributed by atoms with Crippen LogP contribution in [0.15, 0.2) is 11.0 Å². The SMILES string of the molecule is O=[SH](=O)C1=CCC1. The topological polar surface area (TPSA) is 34.1 Å². The monoisotopic (exact) mass is 118 g/mol. The number of thiol groups is 1. The quantitative estimate of drug-likeness (QED) is 0.502. The molecule has 0 amide bonds. The lowest BCUT2D eigenvalue weighted by molar-refractivity contribution is 0.615. The zero-order chi connectivity index (χ0) is 5.28. The third-order valence-electron chi connectivity index (χ3n) is 1.01. The molecular weight excluding hydrogens is 112 g/mol. The van der Waals surface area contributed by atoms with Crippen molar-refractivity contribution in [3.05, 3.63) is 11.0 Å². The molecule has 2 nitrogen and oxygen atoms in total. The van der Waals surface area contributed by atoms with E-state index in [1.165, 1.54) is 0 Å². The Bertz CT molecular complexity index is 159. The summed E-state index contributed by atoms with van der Waals surface area (Å²) < 4.78 is 19.9. The average Bonchev–Trinajstić information content (AvgIpc) is 1.23. The molecule has 0 N–H and O–H groups in total. The van der Waals surface area contributed by atoms with Gasteiger partial charge in [0.25, 0.3) is 0 Å². The largest absolute Gasteiger partial charge is 0.227 e. The summed E-state index contributed by atoms with van der Waals surface area (Å²) >= 11 is 0. The lowest BCUT2D eigenvalue weighted by atomic mass is 10.1. The summed E-state index contributed by atoms with van der Waals surface area (Å²) in [5.74, 6) is 0. The van der Waals surface area contributed by atoms with E-state index in [2.05, 4.69) is 0 Å². The molecule has 0 radical (unpaired) electrons. The fourth-order valence-electron chi connectivity index (χ4n) is 0.439. The van der Waals surface area contributed by atoms with Crippen molar-refractivity contribution in [1.29, 1.82) is 0 Å². The van der Waals surface area contributed by atoms with Crippen LogP contribution in [0.2, 0.25) is 0 Å². The molecule has 0 aromatic rings. The van der Waals surface area contributed by atoms with Crippen molar-refractivity contribution in [2.75, 3.05) is 0 Å². The minimum absolute atomic E-state index is 0.606. The Balaban J connectivity index is 2.75. The van der Waals surface area contributed by atoms with Gasteiger partial charge in [-0.25, -0.2) is 8.42 Å². The molecule has 0 saturated heterocycles. The highest BCUT2D eigenvalue weighted by Gasteiger charge is 2.05. The van der Waals surface area contributed by atoms with Gasteiger partial charge >= 0.3 is 0 Å². The predicted octanol–water partition coefficient (Wildman–Crippen LogP) is 0.276. The molecular formula is C4H6O2S. The molecule has 0 atom stereocenters. The fourth-order valence-corrected chi connectivity index (χ4v) is 1.03. The van der Waals surface area contributed by atoms with Gasteiger partial charge in [-0.2, -0.15) is 0 Å². The standard InChI is InChI=1S/C4H6O2S/c5-7(6)4-2-1-3-4/h2,7H,1,3H2. The third kappa shape index (κ3) is 0.825. The van der Waals surface area contributed by atoms with Crippen molar-refractivity contribution in [2.24, 2.45) is 0 Å². The van der Waals surface area contributed by atoms with E-state index in [-0.39, 0.29) is 0 Å². The summed E-state index contributed by atoms with van der Waals surface area (Å²) in [6.07, 6.45) is 3.45. The van der Waals surface area contributed by atoms with Crippen molar-refractivity contribution in [1.82, 2.24) is 0 Å². The Hall–Kier alpha value is -0.310. The fraction of sp³-hybridized carbons (Fsp3) is 0.500. The minimum Gasteiger partial charge on any atom is -0.227 e. The highest BCUT2D eigenvalue weighted by Crippen LogP contribution is 2.17. The molecule has 40 valence electrons. The van der Waals surface area contributed by atoms with Crippen molar-refractivity contribution in [2.45, 2.75) is 12.8 Å². The van der Waals surface area contributed by atoms with Crippen molar-refractivity contribution in [3.63, 3.8) is 0 Å². The molecule has 0 saturated carbocycles. The van der Waals surface area contributed by atoms with Crippen molar-refractivity contribution in [3.8, 4) is 0 Å². The highest BCUT2D eigenvalue weighted by atomic mass is 32.2. The van der Waals surface area contributed by atoms with Crippen LogP contribution in [-0.2, 0) is 10.7 Å². The van der Waals surface area contributed by atoms with E-state index in [9.17, 15) is 8.42 Å². The van der Waals surface area contributed by atoms with Crippen LogP contribution in [0.25, 0.3) is 0 Å². The Morgan fingerprint density at radius 3 is 2.14 bits per heavy atom. The van der Waals surface area contributed by atoms with Gasteiger partial charge in [-0.3, -0.25) is 0 Å². The van der Waals surface area contributed by atoms with Gasteiger partial charge in [0.2, 0.25) is 0 Å². The first-order chi connectivity index (χ1) is 3.30. The first-order valence-corrected chi connectivity index (χ1v) is 3.32. The smallest absolute Gasteiger partial charge is 0.164 e. The van der Waals surface area contributed by atoms with Gasteiger partial charge in [-0.15, -0.1) is 0 Å². The zero-order valence-corrected chi connectivity index (χ0v) is 4.65. The average molecular weight is 118 g/mol. The van der Waals surface area contributed by atoms with Crippen LogP contribution in [0.5, 0.6) is 0 Å². The van der Waals surface area contributed by atoms with Gasteiger partial charge < -0.3 is 0 Å². The molecule has 0 bridgehead atoms. The van der Waals surface area contributed by atoms with Crippen LogP contribution in [0.3, 0.4) is 0 Å². The van der Waals surface area contributed by atoms with E-state index < -0.39 is 10.7 Å². The summed E-state index contributed by atoms with van der Waals surface area (Å²) in [4.78, 5) is 0.606. The highest BCUT2D eigenvalue weighted by molar-refractivity contribution is 7.76. The van der Waals surface area contributed by atoms with E-state index >= 15 is 0 Å². The lowest BCUT2D eigenvalue weighted by Crippen LogP contribution is -1.93. The van der Waals surface area contributed by atoms with Gasteiger partial charge in [0.05, 0.1) is 0 Å². The normalized spacial score (nSPS) is 18.7. The maximum atomic E-state index is 9.95.